The summed E-state index contributed by atoms with van der Waals surface area (Å²) in [7, 11) is 0. The monoisotopic (exact) mass is 1010 g/mol. The van der Waals surface area contributed by atoms with Crippen molar-refractivity contribution in [2.24, 2.45) is 0 Å². The lowest BCUT2D eigenvalue weighted by molar-refractivity contribution is -0.0347. The molecule has 0 N–H and O–H groups in total. The minimum atomic E-state index is 0.266. The standard InChI is InChI=1S/C9H16N2.C9H12O.C8H12O.C8H16O.C7H15NO.C7H15N.C7H10O.C7H14O/c1-5-11-6-9(7(2)3)8(4)10-11;1-8(2)10-9-6-4-3-5-7-9;1-6(2)8-4-5-9-7(8)3;1-7(2)9-8-5-3-4-6-8;1-7(2)8-3-5-9-6-4-8;1-7(2)8-5-3-4-6-8;1-6(2)7-4-3-5-8-7;1-6(2)8-7-4-3-5-7/h6-7H,5H2,1-4H3;3-8H,1-2H3;4-6H,1-3H3;7-8H,3-6H2,1-2H3;7H,3-6H2,1-2H3;7H,3-6H2,1-2H3;3-6H,1-2H3;6-7H,3-5H2,1-2H3. The summed E-state index contributed by atoms with van der Waals surface area (Å²) in [5.74, 6) is 4.75. The summed E-state index contributed by atoms with van der Waals surface area (Å²) >= 11 is 0. The molecule has 0 bridgehead atoms. The molecule has 0 amide bonds. The Kier molecular flexibility index (Phi) is 36.1. The molecule has 4 aliphatic rings. The number of aryl methyl sites for hydroxylation is 3. The third kappa shape index (κ3) is 31.4. The Morgan fingerprint density at radius 3 is 1.35 bits per heavy atom. The van der Waals surface area contributed by atoms with E-state index >= 15 is 0 Å². The van der Waals surface area contributed by atoms with Crippen molar-refractivity contribution in [2.45, 2.75) is 256 Å². The molecule has 1 aromatic carbocycles. The second-order valence-corrected chi connectivity index (χ2v) is 21.8. The Labute approximate surface area is 442 Å². The van der Waals surface area contributed by atoms with Crippen molar-refractivity contribution in [1.82, 2.24) is 19.6 Å². The zero-order chi connectivity index (χ0) is 54.0. The Balaban J connectivity index is 0.000000412. The molecule has 8 rings (SSSR count). The largest absolute Gasteiger partial charge is 0.491 e. The molecule has 2 aliphatic carbocycles. The average molecular weight is 1010 g/mol. The summed E-state index contributed by atoms with van der Waals surface area (Å²) in [5.41, 5.74) is 3.85. The molecule has 10 heteroatoms. The Morgan fingerprint density at radius 1 is 0.542 bits per heavy atom. The number of aromatic nitrogens is 2. The summed E-state index contributed by atoms with van der Waals surface area (Å²) in [6.07, 6.45) is 20.0. The number of hydrogen-bond acceptors (Lipinski definition) is 9. The van der Waals surface area contributed by atoms with Crippen molar-refractivity contribution in [3.63, 3.8) is 0 Å². The highest BCUT2D eigenvalue weighted by molar-refractivity contribution is 5.21. The van der Waals surface area contributed by atoms with Crippen molar-refractivity contribution in [3.05, 3.63) is 95.6 Å². The van der Waals surface area contributed by atoms with E-state index in [9.17, 15) is 0 Å². The number of benzene rings is 1. The third-order valence-corrected chi connectivity index (χ3v) is 12.6. The van der Waals surface area contributed by atoms with E-state index in [1.807, 2.05) is 74.0 Å². The summed E-state index contributed by atoms with van der Waals surface area (Å²) < 4.78 is 33.9. The molecular formula is C62H110N4O6. The highest BCUT2D eigenvalue weighted by atomic mass is 16.5. The van der Waals surface area contributed by atoms with Gasteiger partial charge in [-0.05, 0) is 201 Å². The first-order chi connectivity index (χ1) is 34.1. The summed E-state index contributed by atoms with van der Waals surface area (Å²) in [5, 5.41) is 4.37. The molecule has 4 aromatic rings. The second kappa shape index (κ2) is 39.1. The van der Waals surface area contributed by atoms with Gasteiger partial charge in [0.25, 0.3) is 0 Å². The normalized spacial score (nSPS) is 16.0. The Bertz CT molecular complexity index is 1790. The molecule has 0 radical (unpaired) electrons. The number of furan rings is 2. The number of rotatable bonds is 12. The first-order valence-electron chi connectivity index (χ1n) is 28.3. The van der Waals surface area contributed by atoms with Crippen molar-refractivity contribution in [3.8, 4) is 5.75 Å². The van der Waals surface area contributed by atoms with Gasteiger partial charge in [-0.3, -0.25) is 9.58 Å². The fourth-order valence-electron chi connectivity index (χ4n) is 8.30. The quantitative estimate of drug-likeness (QED) is 0.138. The average Bonchev–Trinajstić information content (AvgIpc) is 4.18. The van der Waals surface area contributed by atoms with Crippen LogP contribution in [0.4, 0.5) is 0 Å². The molecule has 2 aliphatic heterocycles. The van der Waals surface area contributed by atoms with Crippen molar-refractivity contribution >= 4 is 0 Å². The number of nitrogens with zero attached hydrogens (tertiary/aromatic N) is 4. The van der Waals surface area contributed by atoms with Crippen LogP contribution in [0.15, 0.2) is 76.1 Å². The van der Waals surface area contributed by atoms with Crippen LogP contribution in [0.1, 0.15) is 222 Å². The zero-order valence-corrected chi connectivity index (χ0v) is 49.7. The topological polar surface area (TPSA) is 87.5 Å². The fourth-order valence-corrected chi connectivity index (χ4v) is 8.30. The van der Waals surface area contributed by atoms with Crippen molar-refractivity contribution < 1.29 is 27.8 Å². The number of likely N-dealkylation sites (tertiary alicyclic amines) is 1. The smallest absolute Gasteiger partial charge is 0.119 e. The van der Waals surface area contributed by atoms with E-state index in [-0.39, 0.29) is 6.10 Å². The van der Waals surface area contributed by atoms with Crippen LogP contribution in [0, 0.1) is 13.8 Å². The van der Waals surface area contributed by atoms with E-state index in [2.05, 4.69) is 132 Å². The van der Waals surface area contributed by atoms with E-state index in [1.165, 1.54) is 87.7 Å². The molecular weight excluding hydrogens is 897 g/mol. The predicted molar refractivity (Wildman–Crippen MR) is 305 cm³/mol. The summed E-state index contributed by atoms with van der Waals surface area (Å²) in [6.45, 7) is 48.2. The van der Waals surface area contributed by atoms with Gasteiger partial charge in [0.05, 0.1) is 62.0 Å². The van der Waals surface area contributed by atoms with E-state index in [0.717, 1.165) is 56.2 Å². The first-order valence-corrected chi connectivity index (χ1v) is 28.3. The molecule has 5 heterocycles. The molecule has 0 spiro atoms. The van der Waals surface area contributed by atoms with Gasteiger partial charge in [0.2, 0.25) is 0 Å². The lowest BCUT2D eigenvalue weighted by Gasteiger charge is -2.29. The second-order valence-electron chi connectivity index (χ2n) is 21.8. The Hall–Kier alpha value is -3.41. The van der Waals surface area contributed by atoms with Gasteiger partial charge in [0.15, 0.2) is 0 Å². The summed E-state index contributed by atoms with van der Waals surface area (Å²) in [4.78, 5) is 4.96. The van der Waals surface area contributed by atoms with Crippen LogP contribution < -0.4 is 4.74 Å². The van der Waals surface area contributed by atoms with E-state index in [0.29, 0.717) is 48.2 Å². The van der Waals surface area contributed by atoms with E-state index in [1.54, 1.807) is 12.5 Å². The number of morpholine rings is 1. The molecule has 10 nitrogen and oxygen atoms in total. The van der Waals surface area contributed by atoms with Gasteiger partial charge in [-0.15, -0.1) is 0 Å². The highest BCUT2D eigenvalue weighted by Crippen LogP contribution is 2.24. The molecule has 72 heavy (non-hydrogen) atoms. The van der Waals surface area contributed by atoms with E-state index in [4.69, 9.17) is 27.8 Å². The fraction of sp³-hybridized carbons (Fsp3) is 0.726. The number of ether oxygens (including phenoxy) is 4. The summed E-state index contributed by atoms with van der Waals surface area (Å²) in [6, 6.07) is 17.2. The highest BCUT2D eigenvalue weighted by Gasteiger charge is 2.19. The minimum absolute atomic E-state index is 0.266. The molecule has 0 atom stereocenters. The van der Waals surface area contributed by atoms with Crippen LogP contribution in [0.2, 0.25) is 0 Å². The minimum Gasteiger partial charge on any atom is -0.491 e. The maximum Gasteiger partial charge on any atom is 0.119 e. The van der Waals surface area contributed by atoms with Gasteiger partial charge in [0.1, 0.15) is 17.3 Å². The Morgan fingerprint density at radius 2 is 1.06 bits per heavy atom. The van der Waals surface area contributed by atoms with Gasteiger partial charge < -0.3 is 32.7 Å². The lowest BCUT2D eigenvalue weighted by Crippen LogP contribution is -2.40. The maximum atomic E-state index is 5.61. The van der Waals surface area contributed by atoms with Gasteiger partial charge in [-0.1, -0.05) is 72.6 Å². The van der Waals surface area contributed by atoms with E-state index < -0.39 is 0 Å². The molecule has 2 saturated carbocycles. The molecule has 2 saturated heterocycles. The van der Waals surface area contributed by atoms with Crippen molar-refractivity contribution in [2.75, 3.05) is 39.4 Å². The van der Waals surface area contributed by atoms with Crippen LogP contribution >= 0.6 is 0 Å². The zero-order valence-electron chi connectivity index (χ0n) is 49.7. The van der Waals surface area contributed by atoms with Gasteiger partial charge in [-0.25, -0.2) is 0 Å². The predicted octanol–water partition coefficient (Wildman–Crippen LogP) is 16.5. The van der Waals surface area contributed by atoms with Gasteiger partial charge in [-0.2, -0.15) is 5.10 Å². The molecule has 3 aromatic heterocycles. The van der Waals surface area contributed by atoms with Crippen LogP contribution in [0.5, 0.6) is 5.75 Å². The third-order valence-electron chi connectivity index (χ3n) is 12.6. The van der Waals surface area contributed by atoms with Gasteiger partial charge in [0, 0.05) is 43.8 Å². The van der Waals surface area contributed by atoms with Gasteiger partial charge >= 0.3 is 0 Å². The van der Waals surface area contributed by atoms with Crippen LogP contribution in [-0.4, -0.2) is 102 Å². The SMILES string of the molecule is CC(C)N1CCCC1.CC(C)N1CCOCC1.CC(C)OC1CCC1.CC(C)OC1CCCC1.CC(C)Oc1ccccc1.CC(C)c1ccco1.CCn1cc(C(C)C)c(C)n1.Cc1occc1C(C)C. The number of hydrogen-bond donors (Lipinski definition) is 0. The van der Waals surface area contributed by atoms with Crippen LogP contribution in [0.3, 0.4) is 0 Å². The van der Waals surface area contributed by atoms with Crippen molar-refractivity contribution in [1.29, 1.82) is 0 Å². The van der Waals surface area contributed by atoms with Crippen LogP contribution in [0.25, 0.3) is 0 Å². The molecule has 0 unspecified atom stereocenters. The molecule has 4 fully saturated rings. The maximum absolute atomic E-state index is 5.61. The molecule has 414 valence electrons. The lowest BCUT2D eigenvalue weighted by atomic mass is 9.96. The number of para-hydroxylation sites is 1. The first kappa shape index (κ1) is 66.6. The van der Waals surface area contributed by atoms with Crippen LogP contribution in [-0.2, 0) is 20.8 Å².